The number of rotatable bonds is 8. The molecule has 5 heteroatoms. The third-order valence-corrected chi connectivity index (χ3v) is 4.36. The molecule has 1 heterocycles. The Morgan fingerprint density at radius 1 is 0.815 bits per heavy atom. The molecule has 0 saturated heterocycles. The van der Waals surface area contributed by atoms with Crippen molar-refractivity contribution in [3.8, 4) is 11.5 Å². The van der Waals surface area contributed by atoms with Gasteiger partial charge in [0, 0.05) is 37.6 Å². The van der Waals surface area contributed by atoms with Gasteiger partial charge in [-0.1, -0.05) is 24.3 Å². The molecule has 0 fully saturated rings. The number of pyridine rings is 1. The minimum atomic E-state index is -0.190. The highest BCUT2D eigenvalue weighted by Gasteiger charge is 2.13. The van der Waals surface area contributed by atoms with Gasteiger partial charge in [0.05, 0.1) is 14.2 Å². The number of nitrogens with zero attached hydrogens (tertiary/aromatic N) is 2. The standard InChI is InChI=1S/C22H23FN2O2/c1-26-21-8-7-18(13-22(21)27-2)15-25(14-17-9-11-24-12-10-17)16-19-5-3-4-6-20(19)23/h3-13H,14-16H2,1-2H3. The molecular formula is C22H23FN2O2. The lowest BCUT2D eigenvalue weighted by Crippen LogP contribution is -2.23. The van der Waals surface area contributed by atoms with Crippen molar-refractivity contribution >= 4 is 0 Å². The van der Waals surface area contributed by atoms with Crippen molar-refractivity contribution in [2.45, 2.75) is 19.6 Å². The first-order chi connectivity index (χ1) is 13.2. The van der Waals surface area contributed by atoms with E-state index in [1.807, 2.05) is 42.5 Å². The summed E-state index contributed by atoms with van der Waals surface area (Å²) >= 11 is 0. The van der Waals surface area contributed by atoms with Gasteiger partial charge in [0.15, 0.2) is 11.5 Å². The van der Waals surface area contributed by atoms with Gasteiger partial charge >= 0.3 is 0 Å². The van der Waals surface area contributed by atoms with Crippen LogP contribution in [0.25, 0.3) is 0 Å². The van der Waals surface area contributed by atoms with Crippen molar-refractivity contribution in [3.63, 3.8) is 0 Å². The Morgan fingerprint density at radius 2 is 1.52 bits per heavy atom. The first kappa shape index (κ1) is 18.9. The molecule has 1 aromatic heterocycles. The Morgan fingerprint density at radius 3 is 2.22 bits per heavy atom. The van der Waals surface area contributed by atoms with Crippen LogP contribution in [0.1, 0.15) is 16.7 Å². The fraction of sp³-hybridized carbons (Fsp3) is 0.227. The zero-order valence-electron chi connectivity index (χ0n) is 15.6. The number of hydrogen-bond donors (Lipinski definition) is 0. The monoisotopic (exact) mass is 366 g/mol. The minimum absolute atomic E-state index is 0.190. The highest BCUT2D eigenvalue weighted by atomic mass is 19.1. The molecule has 2 aromatic carbocycles. The van der Waals surface area contributed by atoms with Gasteiger partial charge in [-0.15, -0.1) is 0 Å². The van der Waals surface area contributed by atoms with Gasteiger partial charge in [0.2, 0.25) is 0 Å². The molecule has 0 bridgehead atoms. The van der Waals surface area contributed by atoms with E-state index >= 15 is 0 Å². The highest BCUT2D eigenvalue weighted by Crippen LogP contribution is 2.28. The predicted octanol–water partition coefficient (Wildman–Crippen LogP) is 4.44. The quantitative estimate of drug-likeness (QED) is 0.590. The lowest BCUT2D eigenvalue weighted by molar-refractivity contribution is 0.243. The molecule has 0 N–H and O–H groups in total. The summed E-state index contributed by atoms with van der Waals surface area (Å²) < 4.78 is 24.9. The Balaban J connectivity index is 1.84. The predicted molar refractivity (Wildman–Crippen MR) is 103 cm³/mol. The molecule has 0 aliphatic carbocycles. The van der Waals surface area contributed by atoms with E-state index in [-0.39, 0.29) is 5.82 Å². The van der Waals surface area contributed by atoms with Crippen LogP contribution < -0.4 is 9.47 Å². The summed E-state index contributed by atoms with van der Waals surface area (Å²) in [5, 5.41) is 0. The Kier molecular flexibility index (Phi) is 6.39. The van der Waals surface area contributed by atoms with Crippen molar-refractivity contribution in [1.29, 1.82) is 0 Å². The molecule has 0 atom stereocenters. The number of aromatic nitrogens is 1. The van der Waals surface area contributed by atoms with Crippen LogP contribution in [0.15, 0.2) is 67.0 Å². The smallest absolute Gasteiger partial charge is 0.161 e. The molecule has 0 spiro atoms. The molecule has 0 radical (unpaired) electrons. The average Bonchev–Trinajstić information content (AvgIpc) is 2.70. The summed E-state index contributed by atoms with van der Waals surface area (Å²) in [7, 11) is 3.24. The Hall–Kier alpha value is -2.92. The molecule has 3 rings (SSSR count). The van der Waals surface area contributed by atoms with Crippen LogP contribution in [0, 0.1) is 5.82 Å². The first-order valence-corrected chi connectivity index (χ1v) is 8.75. The third kappa shape index (κ3) is 5.05. The van der Waals surface area contributed by atoms with Crippen LogP contribution in [-0.4, -0.2) is 24.1 Å². The largest absolute Gasteiger partial charge is 0.493 e. The van der Waals surface area contributed by atoms with Crippen molar-refractivity contribution in [2.75, 3.05) is 14.2 Å². The van der Waals surface area contributed by atoms with Crippen LogP contribution >= 0.6 is 0 Å². The summed E-state index contributed by atoms with van der Waals surface area (Å²) in [6.45, 7) is 1.84. The lowest BCUT2D eigenvalue weighted by atomic mass is 10.1. The van der Waals surface area contributed by atoms with E-state index < -0.39 is 0 Å². The topological polar surface area (TPSA) is 34.6 Å². The average molecular weight is 366 g/mol. The summed E-state index contributed by atoms with van der Waals surface area (Å²) in [6, 6.07) is 16.7. The van der Waals surface area contributed by atoms with Gasteiger partial charge in [0.25, 0.3) is 0 Å². The maximum absolute atomic E-state index is 14.2. The lowest BCUT2D eigenvalue weighted by Gasteiger charge is -2.23. The van der Waals surface area contributed by atoms with E-state index in [0.29, 0.717) is 36.7 Å². The van der Waals surface area contributed by atoms with Gasteiger partial charge in [0.1, 0.15) is 5.82 Å². The van der Waals surface area contributed by atoms with Gasteiger partial charge in [-0.2, -0.15) is 0 Å². The fourth-order valence-electron chi connectivity index (χ4n) is 3.02. The van der Waals surface area contributed by atoms with Gasteiger partial charge in [-0.3, -0.25) is 9.88 Å². The summed E-state index contributed by atoms with van der Waals surface area (Å²) in [4.78, 5) is 6.26. The van der Waals surface area contributed by atoms with Gasteiger partial charge < -0.3 is 9.47 Å². The van der Waals surface area contributed by atoms with E-state index in [2.05, 4.69) is 9.88 Å². The van der Waals surface area contributed by atoms with Crippen molar-refractivity contribution in [3.05, 3.63) is 89.5 Å². The summed E-state index contributed by atoms with van der Waals surface area (Å²) in [5.74, 6) is 1.19. The molecule has 140 valence electrons. The van der Waals surface area contributed by atoms with Crippen LogP contribution in [0.2, 0.25) is 0 Å². The van der Waals surface area contributed by atoms with Gasteiger partial charge in [-0.25, -0.2) is 4.39 Å². The second-order valence-corrected chi connectivity index (χ2v) is 6.28. The molecule has 0 aliphatic rings. The van der Waals surface area contributed by atoms with Crippen molar-refractivity contribution in [2.24, 2.45) is 0 Å². The second-order valence-electron chi connectivity index (χ2n) is 6.28. The summed E-state index contributed by atoms with van der Waals surface area (Å²) in [6.07, 6.45) is 3.54. The van der Waals surface area contributed by atoms with E-state index in [9.17, 15) is 4.39 Å². The Bertz CT molecular complexity index is 871. The Labute approximate surface area is 159 Å². The van der Waals surface area contributed by atoms with Crippen LogP contribution in [0.5, 0.6) is 11.5 Å². The van der Waals surface area contributed by atoms with Crippen LogP contribution in [0.4, 0.5) is 4.39 Å². The van der Waals surface area contributed by atoms with E-state index in [1.54, 1.807) is 32.7 Å². The van der Waals surface area contributed by atoms with Crippen molar-refractivity contribution < 1.29 is 13.9 Å². The molecule has 4 nitrogen and oxygen atoms in total. The van der Waals surface area contributed by atoms with E-state index in [1.165, 1.54) is 6.07 Å². The van der Waals surface area contributed by atoms with Gasteiger partial charge in [-0.05, 0) is 41.5 Å². The van der Waals surface area contributed by atoms with Crippen LogP contribution in [-0.2, 0) is 19.6 Å². The fourth-order valence-corrected chi connectivity index (χ4v) is 3.02. The minimum Gasteiger partial charge on any atom is -0.493 e. The second kappa shape index (κ2) is 9.14. The maximum Gasteiger partial charge on any atom is 0.161 e. The SMILES string of the molecule is COc1ccc(CN(Cc2ccncc2)Cc2ccccc2F)cc1OC. The molecule has 0 aliphatic heterocycles. The number of methoxy groups -OCH3 is 2. The molecule has 0 amide bonds. The van der Waals surface area contributed by atoms with Crippen LogP contribution in [0.3, 0.4) is 0 Å². The molecule has 3 aromatic rings. The zero-order valence-corrected chi connectivity index (χ0v) is 15.6. The molecule has 27 heavy (non-hydrogen) atoms. The number of halogens is 1. The molecule has 0 unspecified atom stereocenters. The molecular weight excluding hydrogens is 343 g/mol. The highest BCUT2D eigenvalue weighted by molar-refractivity contribution is 5.42. The third-order valence-electron chi connectivity index (χ3n) is 4.36. The summed E-state index contributed by atoms with van der Waals surface area (Å²) in [5.41, 5.74) is 2.87. The zero-order chi connectivity index (χ0) is 19.1. The van der Waals surface area contributed by atoms with Crippen molar-refractivity contribution in [1.82, 2.24) is 9.88 Å². The maximum atomic E-state index is 14.2. The first-order valence-electron chi connectivity index (χ1n) is 8.75. The number of hydrogen-bond acceptors (Lipinski definition) is 4. The number of benzene rings is 2. The molecule has 0 saturated carbocycles. The normalized spacial score (nSPS) is 10.8. The number of ether oxygens (including phenoxy) is 2. The van der Waals surface area contributed by atoms with E-state index in [4.69, 9.17) is 9.47 Å². The van der Waals surface area contributed by atoms with E-state index in [0.717, 1.165) is 11.1 Å².